The first kappa shape index (κ1) is 19.1. The van der Waals surface area contributed by atoms with Gasteiger partial charge in [0.1, 0.15) is 0 Å². The van der Waals surface area contributed by atoms with Gasteiger partial charge in [0.05, 0.1) is 30.6 Å². The van der Waals surface area contributed by atoms with Crippen molar-refractivity contribution in [2.75, 3.05) is 26.3 Å². The van der Waals surface area contributed by atoms with E-state index in [9.17, 15) is 4.79 Å². The molecule has 0 N–H and O–H groups in total. The molecule has 4 rings (SSSR count). The quantitative estimate of drug-likeness (QED) is 0.791. The zero-order valence-electron chi connectivity index (χ0n) is 16.6. The Morgan fingerprint density at radius 1 is 1.39 bits per heavy atom. The van der Waals surface area contributed by atoms with Crippen LogP contribution in [0.1, 0.15) is 40.9 Å². The smallest absolute Gasteiger partial charge is 0.257 e. The number of hydrogen-bond donors (Lipinski definition) is 0. The van der Waals surface area contributed by atoms with Crippen LogP contribution in [0.2, 0.25) is 0 Å². The number of carbonyl (C=O) groups is 1. The Morgan fingerprint density at radius 3 is 2.96 bits per heavy atom. The van der Waals surface area contributed by atoms with Gasteiger partial charge in [-0.05, 0) is 43.9 Å². The minimum absolute atomic E-state index is 0.0585. The highest BCUT2D eigenvalue weighted by Gasteiger charge is 2.47. The normalized spacial score (nSPS) is 24.8. The molecule has 7 heteroatoms. The SMILES string of the molecule is Cc1nn(C)cc1C(=O)N1CC[C@@H]2OCCC[C@@]2(COCc2ccncc2)C1. The van der Waals surface area contributed by atoms with Crippen molar-refractivity contribution in [3.8, 4) is 0 Å². The van der Waals surface area contributed by atoms with Crippen LogP contribution in [-0.4, -0.2) is 58.0 Å². The molecule has 28 heavy (non-hydrogen) atoms. The van der Waals surface area contributed by atoms with Crippen molar-refractivity contribution in [3.63, 3.8) is 0 Å². The minimum Gasteiger partial charge on any atom is -0.377 e. The van der Waals surface area contributed by atoms with Crippen LogP contribution in [-0.2, 0) is 23.1 Å². The molecule has 2 atom stereocenters. The van der Waals surface area contributed by atoms with Gasteiger partial charge in [0.2, 0.25) is 0 Å². The second kappa shape index (κ2) is 8.01. The van der Waals surface area contributed by atoms with Gasteiger partial charge in [-0.25, -0.2) is 0 Å². The van der Waals surface area contributed by atoms with E-state index in [1.54, 1.807) is 17.1 Å². The van der Waals surface area contributed by atoms with Gasteiger partial charge >= 0.3 is 0 Å². The standard InChI is InChI=1S/C21H28N4O3/c1-16-18(12-24(2)23-16)20(26)25-10-6-19-21(14-25,7-3-11-28-19)15-27-13-17-4-8-22-9-5-17/h4-5,8-9,12,19H,3,6-7,10-11,13-15H2,1-2H3/t19-,21-/m0/s1. The largest absolute Gasteiger partial charge is 0.377 e. The topological polar surface area (TPSA) is 69.5 Å². The highest BCUT2D eigenvalue weighted by atomic mass is 16.5. The van der Waals surface area contributed by atoms with Gasteiger partial charge in [0.15, 0.2) is 0 Å². The Kier molecular flexibility index (Phi) is 5.46. The fraction of sp³-hybridized carbons (Fsp3) is 0.571. The Bertz CT molecular complexity index is 822. The van der Waals surface area contributed by atoms with Gasteiger partial charge in [-0.1, -0.05) is 0 Å². The Balaban J connectivity index is 1.47. The van der Waals surface area contributed by atoms with E-state index in [1.807, 2.05) is 37.2 Å². The summed E-state index contributed by atoms with van der Waals surface area (Å²) >= 11 is 0. The van der Waals surface area contributed by atoms with E-state index in [2.05, 4.69) is 10.1 Å². The lowest BCUT2D eigenvalue weighted by atomic mass is 9.73. The summed E-state index contributed by atoms with van der Waals surface area (Å²) in [5.74, 6) is 0.0585. The number of hydrogen-bond acceptors (Lipinski definition) is 5. The molecule has 150 valence electrons. The second-order valence-corrected chi connectivity index (χ2v) is 7.99. The van der Waals surface area contributed by atoms with Crippen molar-refractivity contribution in [2.45, 2.75) is 38.9 Å². The summed E-state index contributed by atoms with van der Waals surface area (Å²) in [6.07, 6.45) is 8.39. The molecule has 4 heterocycles. The molecular formula is C21H28N4O3. The van der Waals surface area contributed by atoms with Crippen molar-refractivity contribution < 1.29 is 14.3 Å². The molecule has 0 unspecified atom stereocenters. The molecule has 2 aliphatic rings. The van der Waals surface area contributed by atoms with Crippen LogP contribution in [0, 0.1) is 12.3 Å². The lowest BCUT2D eigenvalue weighted by Gasteiger charge is -2.50. The number of likely N-dealkylation sites (tertiary alicyclic amines) is 1. The van der Waals surface area contributed by atoms with Crippen LogP contribution in [0.4, 0.5) is 0 Å². The number of aryl methyl sites for hydroxylation is 2. The molecule has 0 spiro atoms. The highest BCUT2D eigenvalue weighted by Crippen LogP contribution is 2.41. The van der Waals surface area contributed by atoms with Crippen LogP contribution in [0.3, 0.4) is 0 Å². The first-order valence-corrected chi connectivity index (χ1v) is 9.95. The van der Waals surface area contributed by atoms with E-state index in [-0.39, 0.29) is 17.4 Å². The summed E-state index contributed by atoms with van der Waals surface area (Å²) in [5.41, 5.74) is 2.42. The number of ether oxygens (including phenoxy) is 2. The van der Waals surface area contributed by atoms with Crippen LogP contribution < -0.4 is 0 Å². The average molecular weight is 384 g/mol. The van der Waals surface area contributed by atoms with E-state index in [0.29, 0.717) is 31.9 Å². The molecule has 0 radical (unpaired) electrons. The molecule has 0 saturated carbocycles. The van der Waals surface area contributed by atoms with Gasteiger partial charge in [-0.2, -0.15) is 5.10 Å². The maximum atomic E-state index is 13.1. The molecule has 1 amide bonds. The van der Waals surface area contributed by atoms with Gasteiger partial charge in [-0.3, -0.25) is 14.5 Å². The van der Waals surface area contributed by atoms with E-state index in [0.717, 1.165) is 37.1 Å². The number of aromatic nitrogens is 3. The zero-order valence-corrected chi connectivity index (χ0v) is 16.6. The molecule has 2 fully saturated rings. The first-order valence-electron chi connectivity index (χ1n) is 9.95. The zero-order chi connectivity index (χ0) is 19.6. The number of carbonyl (C=O) groups excluding carboxylic acids is 1. The van der Waals surface area contributed by atoms with E-state index in [4.69, 9.17) is 9.47 Å². The maximum absolute atomic E-state index is 13.1. The molecule has 0 bridgehead atoms. The van der Waals surface area contributed by atoms with Gasteiger partial charge in [0.25, 0.3) is 5.91 Å². The Morgan fingerprint density at radius 2 is 2.21 bits per heavy atom. The second-order valence-electron chi connectivity index (χ2n) is 7.99. The van der Waals surface area contributed by atoms with Crippen molar-refractivity contribution in [1.29, 1.82) is 0 Å². The molecule has 0 aromatic carbocycles. The number of piperidine rings is 1. The molecular weight excluding hydrogens is 356 g/mol. The maximum Gasteiger partial charge on any atom is 0.257 e. The van der Waals surface area contributed by atoms with Crippen LogP contribution in [0.15, 0.2) is 30.7 Å². The summed E-state index contributed by atoms with van der Waals surface area (Å²) < 4.78 is 13.9. The predicted octanol–water partition coefficient (Wildman–Crippen LogP) is 2.35. The third kappa shape index (κ3) is 3.82. The van der Waals surface area contributed by atoms with E-state index >= 15 is 0 Å². The van der Waals surface area contributed by atoms with Crippen LogP contribution in [0.25, 0.3) is 0 Å². The fourth-order valence-corrected chi connectivity index (χ4v) is 4.51. The Labute approximate surface area is 165 Å². The predicted molar refractivity (Wildman–Crippen MR) is 104 cm³/mol. The molecule has 0 aliphatic carbocycles. The summed E-state index contributed by atoms with van der Waals surface area (Å²) in [6, 6.07) is 3.93. The monoisotopic (exact) mass is 384 g/mol. The molecule has 2 aromatic heterocycles. The van der Waals surface area contributed by atoms with Crippen LogP contribution in [0.5, 0.6) is 0 Å². The first-order chi connectivity index (χ1) is 13.6. The summed E-state index contributed by atoms with van der Waals surface area (Å²) in [5, 5.41) is 4.32. The van der Waals surface area contributed by atoms with Crippen LogP contribution >= 0.6 is 0 Å². The number of rotatable bonds is 5. The van der Waals surface area contributed by atoms with E-state index < -0.39 is 0 Å². The van der Waals surface area contributed by atoms with Crippen molar-refractivity contribution in [2.24, 2.45) is 12.5 Å². The lowest BCUT2D eigenvalue weighted by Crippen LogP contribution is -2.58. The highest BCUT2D eigenvalue weighted by molar-refractivity contribution is 5.95. The molecule has 7 nitrogen and oxygen atoms in total. The number of nitrogens with zero attached hydrogens (tertiary/aromatic N) is 4. The molecule has 2 aromatic rings. The summed E-state index contributed by atoms with van der Waals surface area (Å²) in [4.78, 5) is 19.1. The number of fused-ring (bicyclic) bond motifs is 1. The molecule has 2 saturated heterocycles. The van der Waals surface area contributed by atoms with Gasteiger partial charge < -0.3 is 14.4 Å². The van der Waals surface area contributed by atoms with Crippen molar-refractivity contribution in [1.82, 2.24) is 19.7 Å². The number of amides is 1. The van der Waals surface area contributed by atoms with E-state index in [1.165, 1.54) is 0 Å². The number of pyridine rings is 1. The van der Waals surface area contributed by atoms with Gasteiger partial charge in [-0.15, -0.1) is 0 Å². The lowest BCUT2D eigenvalue weighted by molar-refractivity contribution is -0.148. The third-order valence-corrected chi connectivity index (χ3v) is 5.93. The van der Waals surface area contributed by atoms with Crippen molar-refractivity contribution in [3.05, 3.63) is 47.5 Å². The summed E-state index contributed by atoms with van der Waals surface area (Å²) in [7, 11) is 1.85. The minimum atomic E-state index is -0.144. The summed E-state index contributed by atoms with van der Waals surface area (Å²) in [6.45, 7) is 5.21. The third-order valence-electron chi connectivity index (χ3n) is 5.93. The fourth-order valence-electron chi connectivity index (χ4n) is 4.51. The average Bonchev–Trinajstić information content (AvgIpc) is 3.05. The van der Waals surface area contributed by atoms with Crippen molar-refractivity contribution >= 4 is 5.91 Å². The molecule has 2 aliphatic heterocycles. The van der Waals surface area contributed by atoms with Gasteiger partial charge in [0, 0.05) is 50.7 Å². The Hall–Kier alpha value is -2.25.